The van der Waals surface area contributed by atoms with Crippen molar-refractivity contribution in [2.24, 2.45) is 0 Å². The number of anilines is 1. The fourth-order valence-corrected chi connectivity index (χ4v) is 4.20. The van der Waals surface area contributed by atoms with E-state index < -0.39 is 0 Å². The molecule has 30 heavy (non-hydrogen) atoms. The molecule has 1 aromatic heterocycles. The highest BCUT2D eigenvalue weighted by atomic mass is 32.1. The quantitative estimate of drug-likeness (QED) is 0.573. The monoisotopic (exact) mass is 427 g/mol. The third-order valence-electron chi connectivity index (χ3n) is 4.70. The number of fused-ring (bicyclic) bond motifs is 2. The zero-order valence-corrected chi connectivity index (χ0v) is 18.2. The molecule has 7 nitrogen and oxygen atoms in total. The Kier molecular flexibility index (Phi) is 6.06. The van der Waals surface area contributed by atoms with Gasteiger partial charge in [0.1, 0.15) is 19.0 Å². The summed E-state index contributed by atoms with van der Waals surface area (Å²) in [6.45, 7) is 4.81. The van der Waals surface area contributed by atoms with E-state index in [1.165, 1.54) is 11.3 Å². The number of thiazole rings is 1. The van der Waals surface area contributed by atoms with Gasteiger partial charge in [-0.1, -0.05) is 11.3 Å². The topological polar surface area (TPSA) is 64.1 Å². The Hall–Kier alpha value is -2.84. The molecule has 0 unspecified atom stereocenters. The Bertz CT molecular complexity index is 1050. The number of hydrogen-bond donors (Lipinski definition) is 0. The maximum atomic E-state index is 13.4. The molecule has 0 fully saturated rings. The zero-order valence-electron chi connectivity index (χ0n) is 17.4. The number of hydrogen-bond acceptors (Lipinski definition) is 7. The summed E-state index contributed by atoms with van der Waals surface area (Å²) in [6.07, 6.45) is 0. The number of carbonyl (C=O) groups is 1. The van der Waals surface area contributed by atoms with E-state index in [0.717, 1.165) is 22.5 Å². The lowest BCUT2D eigenvalue weighted by Gasteiger charge is -2.23. The fourth-order valence-electron chi connectivity index (χ4n) is 3.18. The van der Waals surface area contributed by atoms with Crippen LogP contribution in [0, 0.1) is 0 Å². The SMILES string of the molecule is CCOc1ccc2nc(N(CCN(C)C)C(=O)c3ccc4c(c3)OCCO4)sc2c1. The van der Waals surface area contributed by atoms with Gasteiger partial charge >= 0.3 is 0 Å². The van der Waals surface area contributed by atoms with Crippen LogP contribution in [-0.4, -0.2) is 62.8 Å². The first kappa shape index (κ1) is 20.4. The molecule has 1 aliphatic heterocycles. The van der Waals surface area contributed by atoms with Crippen LogP contribution in [0.1, 0.15) is 17.3 Å². The number of ether oxygens (including phenoxy) is 3. The summed E-state index contributed by atoms with van der Waals surface area (Å²) in [5, 5.41) is 0.667. The maximum Gasteiger partial charge on any atom is 0.260 e. The van der Waals surface area contributed by atoms with E-state index in [1.54, 1.807) is 23.1 Å². The van der Waals surface area contributed by atoms with Gasteiger partial charge in [0.2, 0.25) is 0 Å². The summed E-state index contributed by atoms with van der Waals surface area (Å²) in [7, 11) is 3.97. The van der Waals surface area contributed by atoms with Gasteiger partial charge in [-0.15, -0.1) is 0 Å². The van der Waals surface area contributed by atoms with Gasteiger partial charge in [-0.2, -0.15) is 0 Å². The van der Waals surface area contributed by atoms with Gasteiger partial charge in [-0.25, -0.2) is 4.98 Å². The van der Waals surface area contributed by atoms with Gasteiger partial charge in [0.15, 0.2) is 16.6 Å². The summed E-state index contributed by atoms with van der Waals surface area (Å²) in [4.78, 5) is 21.9. The molecule has 2 heterocycles. The van der Waals surface area contributed by atoms with Crippen LogP contribution in [0.25, 0.3) is 10.2 Å². The first-order valence-electron chi connectivity index (χ1n) is 9.95. The first-order chi connectivity index (χ1) is 14.5. The molecular weight excluding hydrogens is 402 g/mol. The molecule has 0 bridgehead atoms. The van der Waals surface area contributed by atoms with E-state index in [1.807, 2.05) is 44.1 Å². The molecule has 1 amide bonds. The van der Waals surface area contributed by atoms with Crippen LogP contribution in [0.2, 0.25) is 0 Å². The summed E-state index contributed by atoms with van der Waals surface area (Å²) < 4.78 is 17.8. The minimum atomic E-state index is -0.113. The molecule has 0 radical (unpaired) electrons. The largest absolute Gasteiger partial charge is 0.494 e. The molecule has 0 aliphatic carbocycles. The van der Waals surface area contributed by atoms with Crippen molar-refractivity contribution < 1.29 is 19.0 Å². The first-order valence-corrected chi connectivity index (χ1v) is 10.8. The van der Waals surface area contributed by atoms with Crippen LogP contribution in [0.4, 0.5) is 5.13 Å². The predicted octanol–water partition coefficient (Wildman–Crippen LogP) is 3.67. The molecule has 0 N–H and O–H groups in total. The van der Waals surface area contributed by atoms with Crippen molar-refractivity contribution in [3.8, 4) is 17.2 Å². The third kappa shape index (κ3) is 4.34. The highest BCUT2D eigenvalue weighted by molar-refractivity contribution is 7.22. The predicted molar refractivity (Wildman–Crippen MR) is 118 cm³/mol. The Balaban J connectivity index is 1.67. The van der Waals surface area contributed by atoms with E-state index in [-0.39, 0.29) is 5.91 Å². The van der Waals surface area contributed by atoms with Crippen LogP contribution < -0.4 is 19.1 Å². The maximum absolute atomic E-state index is 13.4. The second kappa shape index (κ2) is 8.89. The molecule has 0 saturated carbocycles. The Labute approximate surface area is 179 Å². The summed E-state index contributed by atoms with van der Waals surface area (Å²) >= 11 is 1.49. The van der Waals surface area contributed by atoms with Gasteiger partial charge in [0, 0.05) is 18.7 Å². The molecule has 158 valence electrons. The van der Waals surface area contributed by atoms with Crippen LogP contribution >= 0.6 is 11.3 Å². The fraction of sp³-hybridized carbons (Fsp3) is 0.364. The summed E-state index contributed by atoms with van der Waals surface area (Å²) in [5.74, 6) is 1.96. The highest BCUT2D eigenvalue weighted by Gasteiger charge is 2.23. The third-order valence-corrected chi connectivity index (χ3v) is 5.74. The van der Waals surface area contributed by atoms with Crippen molar-refractivity contribution in [2.45, 2.75) is 6.92 Å². The smallest absolute Gasteiger partial charge is 0.260 e. The van der Waals surface area contributed by atoms with Gasteiger partial charge in [0.25, 0.3) is 5.91 Å². The average Bonchev–Trinajstić information content (AvgIpc) is 3.16. The van der Waals surface area contributed by atoms with Crippen molar-refractivity contribution in [1.82, 2.24) is 9.88 Å². The lowest BCUT2D eigenvalue weighted by atomic mass is 10.1. The second-order valence-corrected chi connectivity index (χ2v) is 8.19. The minimum absolute atomic E-state index is 0.113. The van der Waals surface area contributed by atoms with Crippen LogP contribution in [-0.2, 0) is 0 Å². The molecule has 2 aromatic carbocycles. The van der Waals surface area contributed by atoms with Crippen molar-refractivity contribution in [2.75, 3.05) is 51.9 Å². The number of amides is 1. The van der Waals surface area contributed by atoms with Crippen molar-refractivity contribution >= 4 is 32.6 Å². The van der Waals surface area contributed by atoms with E-state index in [2.05, 4.69) is 0 Å². The minimum Gasteiger partial charge on any atom is -0.494 e. The lowest BCUT2D eigenvalue weighted by Crippen LogP contribution is -2.36. The molecule has 0 spiro atoms. The number of nitrogens with zero attached hydrogens (tertiary/aromatic N) is 3. The Morgan fingerprint density at radius 3 is 2.67 bits per heavy atom. The summed E-state index contributed by atoms with van der Waals surface area (Å²) in [5.41, 5.74) is 1.40. The van der Waals surface area contributed by atoms with Gasteiger partial charge < -0.3 is 19.1 Å². The van der Waals surface area contributed by atoms with Crippen molar-refractivity contribution in [1.29, 1.82) is 0 Å². The normalized spacial score (nSPS) is 12.9. The van der Waals surface area contributed by atoms with E-state index in [9.17, 15) is 4.79 Å². The number of benzene rings is 2. The van der Waals surface area contributed by atoms with Crippen molar-refractivity contribution in [3.63, 3.8) is 0 Å². The molecule has 8 heteroatoms. The average molecular weight is 428 g/mol. The molecule has 3 aromatic rings. The van der Waals surface area contributed by atoms with Crippen LogP contribution in [0.3, 0.4) is 0 Å². The van der Waals surface area contributed by atoms with E-state index in [4.69, 9.17) is 19.2 Å². The van der Waals surface area contributed by atoms with Gasteiger partial charge in [-0.3, -0.25) is 9.69 Å². The Morgan fingerprint density at radius 1 is 1.10 bits per heavy atom. The number of likely N-dealkylation sites (N-methyl/N-ethyl adjacent to an activating group) is 1. The standard InChI is InChI=1S/C22H25N3O4S/c1-4-27-16-6-7-17-20(14-16)30-22(23-17)25(10-9-24(2)3)21(26)15-5-8-18-19(13-15)29-12-11-28-18/h5-8,13-14H,4,9-12H2,1-3H3. The number of carbonyl (C=O) groups excluding carboxylic acids is 1. The molecule has 4 rings (SSSR count). The van der Waals surface area contributed by atoms with Crippen LogP contribution in [0.5, 0.6) is 17.2 Å². The number of rotatable bonds is 7. The molecule has 1 aliphatic rings. The molecule has 0 atom stereocenters. The lowest BCUT2D eigenvalue weighted by molar-refractivity contribution is 0.0984. The van der Waals surface area contributed by atoms with E-state index in [0.29, 0.717) is 48.6 Å². The molecular formula is C22H25N3O4S. The zero-order chi connectivity index (χ0) is 21.1. The van der Waals surface area contributed by atoms with E-state index >= 15 is 0 Å². The molecule has 0 saturated heterocycles. The second-order valence-electron chi connectivity index (χ2n) is 7.18. The Morgan fingerprint density at radius 2 is 1.90 bits per heavy atom. The van der Waals surface area contributed by atoms with Crippen molar-refractivity contribution in [3.05, 3.63) is 42.0 Å². The summed E-state index contributed by atoms with van der Waals surface area (Å²) in [6, 6.07) is 11.1. The van der Waals surface area contributed by atoms with Gasteiger partial charge in [0.05, 0.1) is 16.8 Å². The van der Waals surface area contributed by atoms with Crippen LogP contribution in [0.15, 0.2) is 36.4 Å². The highest BCUT2D eigenvalue weighted by Crippen LogP contribution is 2.34. The number of aromatic nitrogens is 1. The van der Waals surface area contributed by atoms with Gasteiger partial charge in [-0.05, 0) is 57.4 Å².